The van der Waals surface area contributed by atoms with Crippen LogP contribution in [-0.4, -0.2) is 23.0 Å². The number of anilines is 2. The lowest BCUT2D eigenvalue weighted by Crippen LogP contribution is -2.16. The van der Waals surface area contributed by atoms with Crippen LogP contribution in [0.5, 0.6) is 0 Å². The van der Waals surface area contributed by atoms with Crippen LogP contribution in [-0.2, 0) is 0 Å². The van der Waals surface area contributed by atoms with Crippen LogP contribution in [0, 0.1) is 17.0 Å². The minimum absolute atomic E-state index is 0.0700. The number of hydrogen-bond donors (Lipinski definition) is 1. The van der Waals surface area contributed by atoms with Crippen molar-refractivity contribution >= 4 is 23.0 Å². The fourth-order valence-corrected chi connectivity index (χ4v) is 2.17. The number of benzene rings is 2. The van der Waals surface area contributed by atoms with Crippen molar-refractivity contribution in [3.05, 3.63) is 63.7 Å². The Hall–Kier alpha value is -2.89. The molecule has 2 aromatic rings. The van der Waals surface area contributed by atoms with Crippen LogP contribution >= 0.6 is 0 Å². The second-order valence-corrected chi connectivity index (χ2v) is 4.63. The smallest absolute Gasteiger partial charge is 0.338 e. The molecule has 0 aromatic heterocycles. The molecule has 0 aliphatic heterocycles. The summed E-state index contributed by atoms with van der Waals surface area (Å²) in [7, 11) is 1.61. The lowest BCUT2D eigenvalue weighted by Gasteiger charge is -2.21. The van der Waals surface area contributed by atoms with E-state index in [4.69, 9.17) is 0 Å². The third-order valence-corrected chi connectivity index (χ3v) is 3.17. The standard InChI is InChI=1S/C15H14N2O4/c1-10-5-3-6-11(9-10)16(2)14-12(15(18)19)7-4-8-13(14)17(20)21/h3-9H,1-2H3,(H,18,19). The zero-order valence-electron chi connectivity index (χ0n) is 11.6. The summed E-state index contributed by atoms with van der Waals surface area (Å²) in [6, 6.07) is 11.4. The average Bonchev–Trinajstić information content (AvgIpc) is 2.45. The molecule has 0 spiro atoms. The monoisotopic (exact) mass is 286 g/mol. The number of hydrogen-bond acceptors (Lipinski definition) is 4. The van der Waals surface area contributed by atoms with Crippen molar-refractivity contribution < 1.29 is 14.8 Å². The predicted octanol–water partition coefficient (Wildman–Crippen LogP) is 3.37. The normalized spacial score (nSPS) is 10.2. The van der Waals surface area contributed by atoms with Gasteiger partial charge in [-0.1, -0.05) is 18.2 Å². The van der Waals surface area contributed by atoms with E-state index >= 15 is 0 Å². The number of para-hydroxylation sites is 1. The van der Waals surface area contributed by atoms with Crippen molar-refractivity contribution in [2.45, 2.75) is 6.92 Å². The molecule has 0 aliphatic rings. The molecule has 0 saturated heterocycles. The highest BCUT2D eigenvalue weighted by Gasteiger charge is 2.25. The summed E-state index contributed by atoms with van der Waals surface area (Å²) >= 11 is 0. The van der Waals surface area contributed by atoms with Crippen LogP contribution in [0.3, 0.4) is 0 Å². The zero-order valence-corrected chi connectivity index (χ0v) is 11.6. The minimum Gasteiger partial charge on any atom is -0.478 e. The maximum absolute atomic E-state index is 11.4. The largest absolute Gasteiger partial charge is 0.478 e. The van der Waals surface area contributed by atoms with E-state index in [9.17, 15) is 20.0 Å². The van der Waals surface area contributed by atoms with Crippen LogP contribution in [0.25, 0.3) is 0 Å². The molecule has 0 saturated carbocycles. The molecule has 2 aromatic carbocycles. The number of nitro groups is 1. The van der Waals surface area contributed by atoms with E-state index in [-0.39, 0.29) is 16.9 Å². The summed E-state index contributed by atoms with van der Waals surface area (Å²) in [6.07, 6.45) is 0. The Morgan fingerprint density at radius 3 is 2.48 bits per heavy atom. The highest BCUT2D eigenvalue weighted by molar-refractivity contribution is 5.98. The first kappa shape index (κ1) is 14.5. The molecule has 0 unspecified atom stereocenters. The van der Waals surface area contributed by atoms with Gasteiger partial charge in [-0.25, -0.2) is 4.79 Å². The Morgan fingerprint density at radius 2 is 1.90 bits per heavy atom. The van der Waals surface area contributed by atoms with E-state index in [1.807, 2.05) is 25.1 Å². The summed E-state index contributed by atoms with van der Waals surface area (Å²) in [5.41, 5.74) is 1.40. The Morgan fingerprint density at radius 1 is 1.24 bits per heavy atom. The fourth-order valence-electron chi connectivity index (χ4n) is 2.17. The van der Waals surface area contributed by atoms with Crippen molar-refractivity contribution in [3.8, 4) is 0 Å². The van der Waals surface area contributed by atoms with E-state index in [1.165, 1.54) is 23.1 Å². The van der Waals surface area contributed by atoms with Crippen molar-refractivity contribution in [1.29, 1.82) is 0 Å². The maximum Gasteiger partial charge on any atom is 0.338 e. The van der Waals surface area contributed by atoms with Crippen molar-refractivity contribution in [1.82, 2.24) is 0 Å². The first-order valence-corrected chi connectivity index (χ1v) is 6.23. The number of carbonyl (C=O) groups is 1. The molecule has 0 bridgehead atoms. The summed E-state index contributed by atoms with van der Waals surface area (Å²) in [6.45, 7) is 1.90. The average molecular weight is 286 g/mol. The Kier molecular flexibility index (Phi) is 3.89. The van der Waals surface area contributed by atoms with Gasteiger partial charge in [0.1, 0.15) is 5.69 Å². The number of rotatable bonds is 4. The second kappa shape index (κ2) is 5.62. The van der Waals surface area contributed by atoms with Gasteiger partial charge in [-0.3, -0.25) is 10.1 Å². The molecule has 0 aliphatic carbocycles. The molecule has 0 amide bonds. The molecule has 21 heavy (non-hydrogen) atoms. The van der Waals surface area contributed by atoms with Gasteiger partial charge in [-0.05, 0) is 30.7 Å². The summed E-state index contributed by atoms with van der Waals surface area (Å²) in [4.78, 5) is 23.5. The van der Waals surface area contributed by atoms with Gasteiger partial charge in [0.15, 0.2) is 0 Å². The van der Waals surface area contributed by atoms with Crippen LogP contribution in [0.15, 0.2) is 42.5 Å². The van der Waals surface area contributed by atoms with Gasteiger partial charge in [0.25, 0.3) is 5.69 Å². The lowest BCUT2D eigenvalue weighted by molar-refractivity contribution is -0.384. The third-order valence-electron chi connectivity index (χ3n) is 3.17. The lowest BCUT2D eigenvalue weighted by atomic mass is 10.1. The van der Waals surface area contributed by atoms with Crippen LogP contribution in [0.4, 0.5) is 17.1 Å². The van der Waals surface area contributed by atoms with E-state index in [2.05, 4.69) is 0 Å². The SMILES string of the molecule is Cc1cccc(N(C)c2c(C(=O)O)cccc2[N+](=O)[O-])c1. The summed E-state index contributed by atoms with van der Waals surface area (Å²) < 4.78 is 0. The van der Waals surface area contributed by atoms with Crippen molar-refractivity contribution in [3.63, 3.8) is 0 Å². The van der Waals surface area contributed by atoms with Gasteiger partial charge in [0.05, 0.1) is 10.5 Å². The van der Waals surface area contributed by atoms with Gasteiger partial charge in [-0.2, -0.15) is 0 Å². The van der Waals surface area contributed by atoms with E-state index < -0.39 is 10.9 Å². The minimum atomic E-state index is -1.20. The maximum atomic E-state index is 11.4. The van der Waals surface area contributed by atoms with Crippen LogP contribution < -0.4 is 4.90 Å². The van der Waals surface area contributed by atoms with Gasteiger partial charge in [0, 0.05) is 18.8 Å². The third kappa shape index (κ3) is 2.84. The molecule has 0 heterocycles. The Labute approximate surface area is 121 Å². The number of carboxylic acid groups (broad SMARTS) is 1. The molecule has 1 N–H and O–H groups in total. The van der Waals surface area contributed by atoms with Gasteiger partial charge in [0.2, 0.25) is 0 Å². The molecule has 2 rings (SSSR count). The second-order valence-electron chi connectivity index (χ2n) is 4.63. The van der Waals surface area contributed by atoms with E-state index in [0.717, 1.165) is 5.56 Å². The molecular weight excluding hydrogens is 272 g/mol. The Bertz CT molecular complexity index is 680. The number of nitro benzene ring substituents is 1. The van der Waals surface area contributed by atoms with Crippen LogP contribution in [0.2, 0.25) is 0 Å². The topological polar surface area (TPSA) is 83.7 Å². The van der Waals surface area contributed by atoms with Gasteiger partial charge >= 0.3 is 5.97 Å². The van der Waals surface area contributed by atoms with Crippen molar-refractivity contribution in [2.75, 3.05) is 11.9 Å². The van der Waals surface area contributed by atoms with E-state index in [0.29, 0.717) is 5.69 Å². The molecule has 6 heteroatoms. The number of nitrogens with zero attached hydrogens (tertiary/aromatic N) is 2. The van der Waals surface area contributed by atoms with E-state index in [1.54, 1.807) is 13.1 Å². The summed E-state index contributed by atoms with van der Waals surface area (Å²) in [5.74, 6) is -1.20. The molecule has 0 radical (unpaired) electrons. The van der Waals surface area contributed by atoms with Gasteiger partial charge in [-0.15, -0.1) is 0 Å². The first-order chi connectivity index (χ1) is 9.91. The van der Waals surface area contributed by atoms with Crippen molar-refractivity contribution in [2.24, 2.45) is 0 Å². The molecule has 108 valence electrons. The van der Waals surface area contributed by atoms with Gasteiger partial charge < -0.3 is 10.0 Å². The molecular formula is C15H14N2O4. The first-order valence-electron chi connectivity index (χ1n) is 6.23. The number of carboxylic acids is 1. The summed E-state index contributed by atoms with van der Waals surface area (Å²) in [5, 5.41) is 20.5. The van der Waals surface area contributed by atoms with Crippen LogP contribution in [0.1, 0.15) is 15.9 Å². The zero-order chi connectivity index (χ0) is 15.6. The Balaban J connectivity index is 2.65. The fraction of sp³-hybridized carbons (Fsp3) is 0.133. The number of aromatic carboxylic acids is 1. The quantitative estimate of drug-likeness (QED) is 0.688. The number of aryl methyl sites for hydroxylation is 1. The highest BCUT2D eigenvalue weighted by Crippen LogP contribution is 2.35. The molecule has 0 fully saturated rings. The highest BCUT2D eigenvalue weighted by atomic mass is 16.6. The molecule has 0 atom stereocenters. The predicted molar refractivity (Wildman–Crippen MR) is 79.3 cm³/mol. The molecule has 6 nitrogen and oxygen atoms in total.